The topological polar surface area (TPSA) is 29.1 Å². The first-order valence-electron chi connectivity index (χ1n) is 6.74. The molecular formula is C15H21NOS. The highest BCUT2D eigenvalue weighted by Crippen LogP contribution is 2.25. The molecule has 1 aromatic rings. The van der Waals surface area contributed by atoms with Gasteiger partial charge in [-0.15, -0.1) is 0 Å². The standard InChI is InChI=1S/C15H21NOS/c1-2-12-5-7-14(8-6-12)16-15(17)10-13-4-3-9-18-11-13/h5-8,13H,2-4,9-11H2,1H3,(H,16,17). The Labute approximate surface area is 114 Å². The Hall–Kier alpha value is -0.960. The van der Waals surface area contributed by atoms with Crippen LogP contribution in [-0.2, 0) is 11.2 Å². The first-order valence-corrected chi connectivity index (χ1v) is 7.90. The summed E-state index contributed by atoms with van der Waals surface area (Å²) in [7, 11) is 0. The lowest BCUT2D eigenvalue weighted by atomic mass is 10.0. The predicted molar refractivity (Wildman–Crippen MR) is 79.1 cm³/mol. The zero-order chi connectivity index (χ0) is 12.8. The fourth-order valence-electron chi connectivity index (χ4n) is 2.27. The lowest BCUT2D eigenvalue weighted by molar-refractivity contribution is -0.117. The second-order valence-corrected chi connectivity index (χ2v) is 6.04. The third kappa shape index (κ3) is 4.05. The first-order chi connectivity index (χ1) is 8.78. The molecule has 0 spiro atoms. The summed E-state index contributed by atoms with van der Waals surface area (Å²) in [6, 6.07) is 8.14. The minimum Gasteiger partial charge on any atom is -0.326 e. The maximum Gasteiger partial charge on any atom is 0.224 e. The summed E-state index contributed by atoms with van der Waals surface area (Å²) < 4.78 is 0. The Morgan fingerprint density at radius 3 is 2.78 bits per heavy atom. The minimum atomic E-state index is 0.159. The summed E-state index contributed by atoms with van der Waals surface area (Å²) in [6.07, 6.45) is 4.17. The maximum atomic E-state index is 11.9. The number of amides is 1. The molecule has 18 heavy (non-hydrogen) atoms. The fraction of sp³-hybridized carbons (Fsp3) is 0.533. The van der Waals surface area contributed by atoms with Crippen molar-refractivity contribution < 1.29 is 4.79 Å². The summed E-state index contributed by atoms with van der Waals surface area (Å²) in [5.74, 6) is 3.13. The summed E-state index contributed by atoms with van der Waals surface area (Å²) in [4.78, 5) is 11.9. The van der Waals surface area contributed by atoms with Crippen molar-refractivity contribution in [3.8, 4) is 0 Å². The highest BCUT2D eigenvalue weighted by Gasteiger charge is 2.17. The van der Waals surface area contributed by atoms with E-state index in [1.54, 1.807) is 0 Å². The molecule has 1 amide bonds. The Morgan fingerprint density at radius 1 is 1.39 bits per heavy atom. The molecular weight excluding hydrogens is 242 g/mol. The summed E-state index contributed by atoms with van der Waals surface area (Å²) in [6.45, 7) is 2.13. The molecule has 1 atom stereocenters. The molecule has 1 unspecified atom stereocenters. The molecule has 2 nitrogen and oxygen atoms in total. The third-order valence-electron chi connectivity index (χ3n) is 3.37. The van der Waals surface area contributed by atoms with Gasteiger partial charge in [0.2, 0.25) is 5.91 Å². The van der Waals surface area contributed by atoms with E-state index in [9.17, 15) is 4.79 Å². The first kappa shape index (κ1) is 13.5. The molecule has 1 fully saturated rings. The van der Waals surface area contributed by atoms with Crippen LogP contribution >= 0.6 is 11.8 Å². The molecule has 0 aromatic heterocycles. The van der Waals surface area contributed by atoms with Crippen LogP contribution in [0.2, 0.25) is 0 Å². The Kier molecular flexibility index (Phi) is 5.12. The Balaban J connectivity index is 1.82. The van der Waals surface area contributed by atoms with Gasteiger partial charge in [-0.2, -0.15) is 11.8 Å². The van der Waals surface area contributed by atoms with Gasteiger partial charge in [-0.05, 0) is 54.4 Å². The lowest BCUT2D eigenvalue weighted by Crippen LogP contribution is -2.20. The molecule has 0 aliphatic carbocycles. The van der Waals surface area contributed by atoms with Gasteiger partial charge in [0.1, 0.15) is 0 Å². The monoisotopic (exact) mass is 263 g/mol. The highest BCUT2D eigenvalue weighted by molar-refractivity contribution is 7.99. The van der Waals surface area contributed by atoms with E-state index in [4.69, 9.17) is 0 Å². The van der Waals surface area contributed by atoms with Gasteiger partial charge in [-0.3, -0.25) is 4.79 Å². The molecule has 1 aliphatic rings. The minimum absolute atomic E-state index is 0.159. The largest absolute Gasteiger partial charge is 0.326 e. The summed E-state index contributed by atoms with van der Waals surface area (Å²) in [5, 5.41) is 2.99. The average Bonchev–Trinajstić information content (AvgIpc) is 2.40. The van der Waals surface area contributed by atoms with Crippen LogP contribution in [0, 0.1) is 5.92 Å². The highest BCUT2D eigenvalue weighted by atomic mass is 32.2. The smallest absolute Gasteiger partial charge is 0.224 e. The van der Waals surface area contributed by atoms with E-state index in [-0.39, 0.29) is 5.91 Å². The predicted octanol–water partition coefficient (Wildman–Crippen LogP) is 3.72. The molecule has 2 rings (SSSR count). The zero-order valence-corrected chi connectivity index (χ0v) is 11.8. The van der Waals surface area contributed by atoms with E-state index in [1.807, 2.05) is 23.9 Å². The quantitative estimate of drug-likeness (QED) is 0.897. The third-order valence-corrected chi connectivity index (χ3v) is 4.66. The SMILES string of the molecule is CCc1ccc(NC(=O)CC2CCCSC2)cc1. The summed E-state index contributed by atoms with van der Waals surface area (Å²) in [5.41, 5.74) is 2.22. The number of hydrogen-bond acceptors (Lipinski definition) is 2. The molecule has 1 N–H and O–H groups in total. The number of carbonyl (C=O) groups excluding carboxylic acids is 1. The van der Waals surface area contributed by atoms with Crippen molar-refractivity contribution in [1.29, 1.82) is 0 Å². The number of rotatable bonds is 4. The van der Waals surface area contributed by atoms with Crippen LogP contribution in [0.25, 0.3) is 0 Å². The van der Waals surface area contributed by atoms with Crippen molar-refractivity contribution in [3.05, 3.63) is 29.8 Å². The van der Waals surface area contributed by atoms with Crippen molar-refractivity contribution in [3.63, 3.8) is 0 Å². The second kappa shape index (κ2) is 6.83. The Bertz CT molecular complexity index is 382. The van der Waals surface area contributed by atoms with Crippen LogP contribution in [0.5, 0.6) is 0 Å². The number of nitrogens with one attached hydrogen (secondary N) is 1. The van der Waals surface area contributed by atoms with E-state index in [0.29, 0.717) is 12.3 Å². The zero-order valence-electron chi connectivity index (χ0n) is 10.9. The lowest BCUT2D eigenvalue weighted by Gasteiger charge is -2.20. The average molecular weight is 263 g/mol. The molecule has 1 saturated heterocycles. The summed E-state index contributed by atoms with van der Waals surface area (Å²) >= 11 is 1.98. The van der Waals surface area contributed by atoms with Gasteiger partial charge in [-0.1, -0.05) is 19.1 Å². The normalized spacial score (nSPS) is 19.5. The van der Waals surface area contributed by atoms with Crippen molar-refractivity contribution in [1.82, 2.24) is 0 Å². The second-order valence-electron chi connectivity index (χ2n) is 4.89. The van der Waals surface area contributed by atoms with Gasteiger partial charge in [0.15, 0.2) is 0 Å². The van der Waals surface area contributed by atoms with E-state index >= 15 is 0 Å². The number of anilines is 1. The van der Waals surface area contributed by atoms with Crippen LogP contribution in [0.1, 0.15) is 31.7 Å². The van der Waals surface area contributed by atoms with Crippen molar-refractivity contribution in [2.45, 2.75) is 32.6 Å². The van der Waals surface area contributed by atoms with E-state index in [1.165, 1.54) is 24.2 Å². The van der Waals surface area contributed by atoms with Crippen LogP contribution in [0.3, 0.4) is 0 Å². The molecule has 0 saturated carbocycles. The molecule has 3 heteroatoms. The molecule has 1 heterocycles. The molecule has 1 aromatic carbocycles. The molecule has 98 valence electrons. The Morgan fingerprint density at radius 2 is 2.17 bits per heavy atom. The van der Waals surface area contributed by atoms with Gasteiger partial charge in [0, 0.05) is 12.1 Å². The van der Waals surface area contributed by atoms with Crippen LogP contribution in [0.4, 0.5) is 5.69 Å². The van der Waals surface area contributed by atoms with Gasteiger partial charge >= 0.3 is 0 Å². The molecule has 1 aliphatic heterocycles. The fourth-order valence-corrected chi connectivity index (χ4v) is 3.42. The number of benzene rings is 1. The van der Waals surface area contributed by atoms with E-state index < -0.39 is 0 Å². The van der Waals surface area contributed by atoms with E-state index in [2.05, 4.69) is 24.4 Å². The van der Waals surface area contributed by atoms with Crippen LogP contribution in [0.15, 0.2) is 24.3 Å². The van der Waals surface area contributed by atoms with Crippen LogP contribution < -0.4 is 5.32 Å². The number of hydrogen-bond donors (Lipinski definition) is 1. The van der Waals surface area contributed by atoms with Crippen LogP contribution in [-0.4, -0.2) is 17.4 Å². The van der Waals surface area contributed by atoms with Crippen molar-refractivity contribution in [2.75, 3.05) is 16.8 Å². The van der Waals surface area contributed by atoms with Crippen molar-refractivity contribution >= 4 is 23.4 Å². The van der Waals surface area contributed by atoms with Gasteiger partial charge in [0.25, 0.3) is 0 Å². The molecule has 0 radical (unpaired) electrons. The van der Waals surface area contributed by atoms with Crippen molar-refractivity contribution in [2.24, 2.45) is 5.92 Å². The number of aryl methyl sites for hydroxylation is 1. The maximum absolute atomic E-state index is 11.9. The number of thioether (sulfide) groups is 1. The van der Waals surface area contributed by atoms with Gasteiger partial charge in [0.05, 0.1) is 0 Å². The van der Waals surface area contributed by atoms with Gasteiger partial charge < -0.3 is 5.32 Å². The van der Waals surface area contributed by atoms with Gasteiger partial charge in [-0.25, -0.2) is 0 Å². The number of carbonyl (C=O) groups is 1. The van der Waals surface area contributed by atoms with E-state index in [0.717, 1.165) is 17.9 Å². The molecule has 0 bridgehead atoms.